The van der Waals surface area contributed by atoms with Gasteiger partial charge in [0.15, 0.2) is 0 Å². The Morgan fingerprint density at radius 2 is 2.25 bits per heavy atom. The van der Waals surface area contributed by atoms with Gasteiger partial charge in [-0.25, -0.2) is 5.84 Å². The van der Waals surface area contributed by atoms with Crippen LogP contribution in [0.4, 0.5) is 0 Å². The number of nitrogen functional groups attached to an aromatic ring is 1. The van der Waals surface area contributed by atoms with Crippen molar-refractivity contribution in [1.29, 1.82) is 0 Å². The van der Waals surface area contributed by atoms with Crippen LogP contribution in [0.1, 0.15) is 15.9 Å². The van der Waals surface area contributed by atoms with Gasteiger partial charge in [-0.1, -0.05) is 15.9 Å². The minimum atomic E-state index is -0.264. The maximum atomic E-state index is 11.1. The first-order chi connectivity index (χ1) is 5.65. The van der Waals surface area contributed by atoms with Crippen molar-refractivity contribution >= 4 is 21.8 Å². The molecule has 0 heterocycles. The smallest absolute Gasteiger partial charge is 0.265 e. The molecular formula is C8H9BrN2O. The highest BCUT2D eigenvalue weighted by molar-refractivity contribution is 9.10. The Kier molecular flexibility index (Phi) is 2.83. The lowest BCUT2D eigenvalue weighted by molar-refractivity contribution is 0.0953. The van der Waals surface area contributed by atoms with Crippen LogP contribution in [0.2, 0.25) is 0 Å². The van der Waals surface area contributed by atoms with Gasteiger partial charge in [0.2, 0.25) is 0 Å². The number of benzene rings is 1. The summed E-state index contributed by atoms with van der Waals surface area (Å²) in [4.78, 5) is 11.1. The molecule has 0 aliphatic carbocycles. The number of nitrogens with one attached hydrogen (secondary N) is 1. The van der Waals surface area contributed by atoms with E-state index in [1.807, 2.05) is 13.0 Å². The van der Waals surface area contributed by atoms with Crippen molar-refractivity contribution < 1.29 is 4.79 Å². The molecule has 3 nitrogen and oxygen atoms in total. The van der Waals surface area contributed by atoms with Crippen molar-refractivity contribution in [3.63, 3.8) is 0 Å². The lowest BCUT2D eigenvalue weighted by atomic mass is 10.1. The summed E-state index contributed by atoms with van der Waals surface area (Å²) < 4.78 is 0.952. The van der Waals surface area contributed by atoms with Crippen LogP contribution in [0.25, 0.3) is 0 Å². The molecule has 0 bridgehead atoms. The number of aryl methyl sites for hydroxylation is 1. The molecule has 1 aromatic carbocycles. The number of rotatable bonds is 1. The minimum Gasteiger partial charge on any atom is -0.290 e. The molecule has 0 aromatic heterocycles. The van der Waals surface area contributed by atoms with E-state index in [1.165, 1.54) is 0 Å². The van der Waals surface area contributed by atoms with Gasteiger partial charge >= 0.3 is 0 Å². The van der Waals surface area contributed by atoms with E-state index in [0.717, 1.165) is 10.0 Å². The average molecular weight is 229 g/mol. The van der Waals surface area contributed by atoms with Crippen molar-refractivity contribution in [3.05, 3.63) is 33.8 Å². The zero-order chi connectivity index (χ0) is 9.14. The molecule has 3 N–H and O–H groups in total. The number of carbonyl (C=O) groups is 1. The van der Waals surface area contributed by atoms with E-state index in [2.05, 4.69) is 21.4 Å². The first kappa shape index (κ1) is 9.22. The summed E-state index contributed by atoms with van der Waals surface area (Å²) in [6.45, 7) is 1.86. The summed E-state index contributed by atoms with van der Waals surface area (Å²) in [7, 11) is 0. The standard InChI is InChI=1S/C8H9BrN2O/c1-5-4-6(9)2-3-7(5)8(12)11-10/h2-4H,10H2,1H3,(H,11,12). The molecule has 0 aliphatic heterocycles. The van der Waals surface area contributed by atoms with Gasteiger partial charge in [-0.15, -0.1) is 0 Å². The normalized spacial score (nSPS) is 9.58. The maximum Gasteiger partial charge on any atom is 0.265 e. The van der Waals surface area contributed by atoms with Crippen LogP contribution in [0.5, 0.6) is 0 Å². The van der Waals surface area contributed by atoms with Crippen LogP contribution < -0.4 is 11.3 Å². The van der Waals surface area contributed by atoms with Crippen LogP contribution >= 0.6 is 15.9 Å². The molecule has 4 heteroatoms. The fraction of sp³-hybridized carbons (Fsp3) is 0.125. The number of nitrogens with two attached hydrogens (primary N) is 1. The lowest BCUT2D eigenvalue weighted by Crippen LogP contribution is -2.30. The molecule has 0 saturated carbocycles. The average Bonchev–Trinajstić information content (AvgIpc) is 2.03. The second-order valence-electron chi connectivity index (χ2n) is 2.43. The van der Waals surface area contributed by atoms with Gasteiger partial charge in [-0.2, -0.15) is 0 Å². The molecule has 1 amide bonds. The van der Waals surface area contributed by atoms with Gasteiger partial charge in [0.05, 0.1) is 0 Å². The number of amides is 1. The molecular weight excluding hydrogens is 220 g/mol. The number of carbonyl (C=O) groups excluding carboxylic acids is 1. The number of hydrogen-bond donors (Lipinski definition) is 2. The predicted molar refractivity (Wildman–Crippen MR) is 50.5 cm³/mol. The third-order valence-corrected chi connectivity index (χ3v) is 2.06. The Balaban J connectivity index is 3.09. The van der Waals surface area contributed by atoms with Crippen LogP contribution in [0.15, 0.2) is 22.7 Å². The van der Waals surface area contributed by atoms with E-state index in [-0.39, 0.29) is 5.91 Å². The Hall–Kier alpha value is -0.870. The third-order valence-electron chi connectivity index (χ3n) is 1.56. The topological polar surface area (TPSA) is 55.1 Å². The zero-order valence-corrected chi connectivity index (χ0v) is 8.18. The van der Waals surface area contributed by atoms with Crippen molar-refractivity contribution in [2.75, 3.05) is 0 Å². The van der Waals surface area contributed by atoms with Crippen LogP contribution in [-0.4, -0.2) is 5.91 Å². The van der Waals surface area contributed by atoms with Gasteiger partial charge in [0, 0.05) is 10.0 Å². The highest BCUT2D eigenvalue weighted by atomic mass is 79.9. The summed E-state index contributed by atoms with van der Waals surface area (Å²) in [5.74, 6) is 4.74. The van der Waals surface area contributed by atoms with Crippen molar-refractivity contribution in [2.45, 2.75) is 6.92 Å². The molecule has 64 valence electrons. The second-order valence-corrected chi connectivity index (χ2v) is 3.35. The van der Waals surface area contributed by atoms with Crippen molar-refractivity contribution in [1.82, 2.24) is 5.43 Å². The van der Waals surface area contributed by atoms with E-state index in [1.54, 1.807) is 12.1 Å². The first-order valence-corrected chi connectivity index (χ1v) is 4.21. The molecule has 0 saturated heterocycles. The molecule has 0 atom stereocenters. The van der Waals surface area contributed by atoms with Crippen molar-refractivity contribution in [3.8, 4) is 0 Å². The molecule has 1 rings (SSSR count). The largest absolute Gasteiger partial charge is 0.290 e. The van der Waals surface area contributed by atoms with E-state index in [9.17, 15) is 4.79 Å². The molecule has 1 aromatic rings. The van der Waals surface area contributed by atoms with Gasteiger partial charge in [0.25, 0.3) is 5.91 Å². The fourth-order valence-electron chi connectivity index (χ4n) is 0.960. The molecule has 0 spiro atoms. The summed E-state index contributed by atoms with van der Waals surface area (Å²) >= 11 is 3.30. The maximum absolute atomic E-state index is 11.1. The highest BCUT2D eigenvalue weighted by Gasteiger charge is 2.06. The second kappa shape index (κ2) is 3.69. The van der Waals surface area contributed by atoms with E-state index in [4.69, 9.17) is 5.84 Å². The Labute approximate surface area is 79.1 Å². The number of hydrazine groups is 1. The summed E-state index contributed by atoms with van der Waals surface area (Å²) in [5.41, 5.74) is 3.58. The summed E-state index contributed by atoms with van der Waals surface area (Å²) in [6.07, 6.45) is 0. The van der Waals surface area contributed by atoms with E-state index >= 15 is 0 Å². The quantitative estimate of drug-likeness (QED) is 0.434. The lowest BCUT2D eigenvalue weighted by Gasteiger charge is -2.03. The highest BCUT2D eigenvalue weighted by Crippen LogP contribution is 2.15. The first-order valence-electron chi connectivity index (χ1n) is 3.42. The summed E-state index contributed by atoms with van der Waals surface area (Å²) in [6, 6.07) is 5.39. The fourth-order valence-corrected chi connectivity index (χ4v) is 1.44. The summed E-state index contributed by atoms with van der Waals surface area (Å²) in [5, 5.41) is 0. The zero-order valence-electron chi connectivity index (χ0n) is 6.60. The van der Waals surface area contributed by atoms with Gasteiger partial charge < -0.3 is 0 Å². The van der Waals surface area contributed by atoms with Crippen LogP contribution in [-0.2, 0) is 0 Å². The molecule has 0 aliphatic rings. The molecule has 12 heavy (non-hydrogen) atoms. The number of halogens is 1. The Bertz CT molecular complexity index is 312. The minimum absolute atomic E-state index is 0.264. The Morgan fingerprint density at radius 3 is 2.75 bits per heavy atom. The molecule has 0 unspecified atom stereocenters. The Morgan fingerprint density at radius 1 is 1.58 bits per heavy atom. The predicted octanol–water partition coefficient (Wildman–Crippen LogP) is 1.36. The van der Waals surface area contributed by atoms with Crippen LogP contribution in [0, 0.1) is 6.92 Å². The van der Waals surface area contributed by atoms with Gasteiger partial charge in [0.1, 0.15) is 0 Å². The number of hydrogen-bond acceptors (Lipinski definition) is 2. The molecule has 0 radical (unpaired) electrons. The van der Waals surface area contributed by atoms with E-state index < -0.39 is 0 Å². The monoisotopic (exact) mass is 228 g/mol. The SMILES string of the molecule is Cc1cc(Br)ccc1C(=O)NN. The molecule has 0 fully saturated rings. The third kappa shape index (κ3) is 1.84. The van der Waals surface area contributed by atoms with Crippen molar-refractivity contribution in [2.24, 2.45) is 5.84 Å². The van der Waals surface area contributed by atoms with E-state index in [0.29, 0.717) is 5.56 Å². The van der Waals surface area contributed by atoms with Crippen LogP contribution in [0.3, 0.4) is 0 Å². The van der Waals surface area contributed by atoms with Gasteiger partial charge in [-0.05, 0) is 30.7 Å². The van der Waals surface area contributed by atoms with Gasteiger partial charge in [-0.3, -0.25) is 10.2 Å².